The SMILES string of the molecule is CC[C@H](NC(=O)[C@H](C)NC)C(=O)N1CC2(CC2)C[C@H]1Cc1c(-c2[nH]c3cc(F)ccc3c2C[C@@H]2CC3(CC3)CN2C(=O)[C@H](CC)NC(=O)[C@H](C)NC)[nH]c2cc(F)ccc12. The van der Waals surface area contributed by atoms with Crippen LogP contribution in [0, 0.1) is 22.5 Å². The van der Waals surface area contributed by atoms with Gasteiger partial charge >= 0.3 is 0 Å². The first kappa shape index (κ1) is 41.9. The van der Waals surface area contributed by atoms with Crippen molar-refractivity contribution in [3.05, 3.63) is 59.2 Å². The Hall–Kier alpha value is -4.82. The highest BCUT2D eigenvalue weighted by molar-refractivity contribution is 5.97. The summed E-state index contributed by atoms with van der Waals surface area (Å²) in [6.07, 6.45) is 7.63. The number of amides is 4. The average molecular weight is 827 g/mol. The Labute approximate surface area is 350 Å². The molecule has 2 aromatic carbocycles. The van der Waals surface area contributed by atoms with Gasteiger partial charge in [0.1, 0.15) is 23.7 Å². The topological polar surface area (TPSA) is 154 Å². The number of hydrogen-bond donors (Lipinski definition) is 6. The number of carbonyl (C=O) groups is 4. The van der Waals surface area contributed by atoms with E-state index in [2.05, 4.69) is 31.2 Å². The molecule has 2 saturated heterocycles. The molecule has 2 aliphatic heterocycles. The summed E-state index contributed by atoms with van der Waals surface area (Å²) in [5, 5.41) is 13.5. The lowest BCUT2D eigenvalue weighted by atomic mass is 9.92. The van der Waals surface area contributed by atoms with Crippen molar-refractivity contribution in [2.24, 2.45) is 10.8 Å². The molecular weight excluding hydrogens is 767 g/mol. The van der Waals surface area contributed by atoms with Crippen molar-refractivity contribution in [1.29, 1.82) is 0 Å². The summed E-state index contributed by atoms with van der Waals surface area (Å²) in [6, 6.07) is 6.85. The Kier molecular flexibility index (Phi) is 11.3. The number of H-pyrrole nitrogens is 2. The third-order valence-electron chi connectivity index (χ3n) is 14.3. The molecule has 12 nitrogen and oxygen atoms in total. The lowest BCUT2D eigenvalue weighted by Crippen LogP contribution is -2.53. The molecule has 0 unspecified atom stereocenters. The fourth-order valence-electron chi connectivity index (χ4n) is 10.00. The van der Waals surface area contributed by atoms with Gasteiger partial charge in [-0.3, -0.25) is 19.2 Å². The van der Waals surface area contributed by atoms with Gasteiger partial charge in [0.25, 0.3) is 0 Å². The summed E-state index contributed by atoms with van der Waals surface area (Å²) in [6.45, 7) is 8.58. The highest BCUT2D eigenvalue weighted by Crippen LogP contribution is 2.57. The van der Waals surface area contributed by atoms with E-state index in [4.69, 9.17) is 0 Å². The van der Waals surface area contributed by atoms with Gasteiger partial charge in [0, 0.05) is 47.0 Å². The largest absolute Gasteiger partial charge is 0.353 e. The molecule has 0 bridgehead atoms. The third-order valence-corrected chi connectivity index (χ3v) is 14.3. The van der Waals surface area contributed by atoms with Crippen molar-refractivity contribution in [2.45, 2.75) is 128 Å². The molecule has 6 atom stereocenters. The first-order valence-corrected chi connectivity index (χ1v) is 21.9. The van der Waals surface area contributed by atoms with Crippen LogP contribution < -0.4 is 21.3 Å². The van der Waals surface area contributed by atoms with Gasteiger partial charge in [-0.25, -0.2) is 8.78 Å². The Morgan fingerprint density at radius 3 is 1.40 bits per heavy atom. The van der Waals surface area contributed by atoms with E-state index in [1.54, 1.807) is 40.1 Å². The predicted octanol–water partition coefficient (Wildman–Crippen LogP) is 5.45. The number of aromatic nitrogens is 2. The zero-order chi connectivity index (χ0) is 42.7. The summed E-state index contributed by atoms with van der Waals surface area (Å²) in [4.78, 5) is 65.7. The Morgan fingerprint density at radius 2 is 1.07 bits per heavy atom. The molecule has 14 heteroatoms. The number of halogens is 2. The molecule has 60 heavy (non-hydrogen) atoms. The molecule has 4 fully saturated rings. The molecule has 4 aliphatic rings. The van der Waals surface area contributed by atoms with Gasteiger partial charge in [-0.15, -0.1) is 0 Å². The summed E-state index contributed by atoms with van der Waals surface area (Å²) >= 11 is 0. The van der Waals surface area contributed by atoms with Crippen LogP contribution in [0.4, 0.5) is 8.78 Å². The van der Waals surface area contributed by atoms with Crippen LogP contribution in [-0.2, 0) is 32.0 Å². The average Bonchev–Trinajstić information content (AvgIpc) is 3.99. The number of carbonyl (C=O) groups excluding carboxylic acids is 4. The molecule has 8 rings (SSSR count). The van der Waals surface area contributed by atoms with E-state index >= 15 is 0 Å². The minimum atomic E-state index is -0.671. The van der Waals surface area contributed by atoms with Crippen LogP contribution in [-0.4, -0.2) is 107 Å². The summed E-state index contributed by atoms with van der Waals surface area (Å²) in [7, 11) is 3.42. The van der Waals surface area contributed by atoms with Gasteiger partial charge in [-0.05, 0) is 151 Å². The van der Waals surface area contributed by atoms with Crippen LogP contribution in [0.1, 0.15) is 90.2 Å². The quantitative estimate of drug-likeness (QED) is 0.0939. The van der Waals surface area contributed by atoms with E-state index in [0.717, 1.165) is 71.8 Å². The molecule has 0 radical (unpaired) electrons. The van der Waals surface area contributed by atoms with Gasteiger partial charge in [-0.1, -0.05) is 13.8 Å². The van der Waals surface area contributed by atoms with Crippen LogP contribution in [0.3, 0.4) is 0 Å². The smallest absolute Gasteiger partial charge is 0.245 e. The lowest BCUT2D eigenvalue weighted by molar-refractivity contribution is -0.137. The fourth-order valence-corrected chi connectivity index (χ4v) is 10.00. The van der Waals surface area contributed by atoms with E-state index in [1.165, 1.54) is 24.3 Å². The molecule has 2 saturated carbocycles. The highest BCUT2D eigenvalue weighted by atomic mass is 19.1. The van der Waals surface area contributed by atoms with Gasteiger partial charge in [0.2, 0.25) is 23.6 Å². The summed E-state index contributed by atoms with van der Waals surface area (Å²) in [5.74, 6) is -1.43. The third kappa shape index (κ3) is 7.92. The second-order valence-electron chi connectivity index (χ2n) is 18.4. The molecule has 2 aliphatic carbocycles. The fraction of sp³-hybridized carbons (Fsp3) is 0.565. The van der Waals surface area contributed by atoms with Crippen LogP contribution >= 0.6 is 0 Å². The maximum absolute atomic E-state index is 14.9. The second kappa shape index (κ2) is 16.2. The molecule has 4 aromatic rings. The Balaban J connectivity index is 1.17. The molecule has 4 heterocycles. The van der Waals surface area contributed by atoms with E-state index in [-0.39, 0.29) is 58.2 Å². The number of rotatable bonds is 15. The van der Waals surface area contributed by atoms with Crippen molar-refractivity contribution < 1.29 is 28.0 Å². The number of aromatic amines is 2. The van der Waals surface area contributed by atoms with Gasteiger partial charge in [0.15, 0.2) is 0 Å². The monoisotopic (exact) mass is 826 g/mol. The molecular formula is C46H60F2N8O4. The number of likely N-dealkylation sites (tertiary alicyclic amines) is 2. The maximum Gasteiger partial charge on any atom is 0.245 e. The zero-order valence-corrected chi connectivity index (χ0v) is 35.7. The normalized spacial score (nSPS) is 22.1. The number of benzene rings is 2. The second-order valence-corrected chi connectivity index (χ2v) is 18.4. The van der Waals surface area contributed by atoms with Crippen LogP contribution in [0.5, 0.6) is 0 Å². The van der Waals surface area contributed by atoms with Gasteiger partial charge < -0.3 is 41.0 Å². The molecule has 6 N–H and O–H groups in total. The number of likely N-dealkylation sites (N-methyl/N-ethyl adjacent to an activating group) is 2. The van der Waals surface area contributed by atoms with Crippen molar-refractivity contribution in [3.8, 4) is 11.4 Å². The molecule has 322 valence electrons. The van der Waals surface area contributed by atoms with Gasteiger partial charge in [0.05, 0.1) is 23.5 Å². The van der Waals surface area contributed by atoms with Crippen LogP contribution in [0.25, 0.3) is 33.2 Å². The summed E-state index contributed by atoms with van der Waals surface area (Å²) < 4.78 is 29.9. The number of nitrogens with zero attached hydrogens (tertiary/aromatic N) is 2. The van der Waals surface area contributed by atoms with E-state index in [9.17, 15) is 28.0 Å². The Bertz CT molecular complexity index is 2150. The van der Waals surface area contributed by atoms with E-state index in [1.807, 2.05) is 23.6 Å². The first-order valence-electron chi connectivity index (χ1n) is 21.9. The van der Waals surface area contributed by atoms with Gasteiger partial charge in [-0.2, -0.15) is 0 Å². The zero-order valence-electron chi connectivity index (χ0n) is 35.7. The lowest BCUT2D eigenvalue weighted by Gasteiger charge is -2.30. The molecule has 2 aromatic heterocycles. The minimum absolute atomic E-state index is 0.0429. The van der Waals surface area contributed by atoms with Crippen molar-refractivity contribution in [1.82, 2.24) is 41.0 Å². The molecule has 4 amide bonds. The minimum Gasteiger partial charge on any atom is -0.353 e. The Morgan fingerprint density at radius 1 is 0.683 bits per heavy atom. The number of fused-ring (bicyclic) bond motifs is 2. The first-order chi connectivity index (χ1) is 28.7. The summed E-state index contributed by atoms with van der Waals surface area (Å²) in [5.41, 5.74) is 4.63. The van der Waals surface area contributed by atoms with Crippen molar-refractivity contribution >= 4 is 45.4 Å². The predicted molar refractivity (Wildman–Crippen MR) is 228 cm³/mol. The van der Waals surface area contributed by atoms with Crippen LogP contribution in [0.15, 0.2) is 36.4 Å². The van der Waals surface area contributed by atoms with Crippen LogP contribution in [0.2, 0.25) is 0 Å². The molecule has 2 spiro atoms. The highest BCUT2D eigenvalue weighted by Gasteiger charge is 2.55. The van der Waals surface area contributed by atoms with E-state index in [0.29, 0.717) is 49.8 Å². The van der Waals surface area contributed by atoms with Crippen molar-refractivity contribution in [3.63, 3.8) is 0 Å². The maximum atomic E-state index is 14.9. The van der Waals surface area contributed by atoms with E-state index < -0.39 is 24.2 Å². The van der Waals surface area contributed by atoms with Crippen molar-refractivity contribution in [2.75, 3.05) is 27.2 Å². The number of nitrogens with one attached hydrogen (secondary N) is 6. The number of hydrogen-bond acceptors (Lipinski definition) is 6. The standard InChI is InChI=1S/C46H60F2N8O4/c1-7-35(53-41(57)25(3)49-5)43(59)55-23-45(13-14-45)21-29(55)19-33-31-11-9-27(47)17-37(31)51-39(33)40-34(32-12-10-28(48)18-38(32)52-40)20-30-22-46(15-16-46)24-56(30)44(60)36(8-2)54-42(58)26(4)50-6/h9-12,17-18,25-26,29-30,35-36,49-52H,7-8,13-16,19-24H2,1-6H3,(H,53,57)(H,54,58)/t25-,26-,29+,30+,35-,36-/m0/s1.